The summed E-state index contributed by atoms with van der Waals surface area (Å²) in [5, 5.41) is 22.9. The number of amides is 3. The summed E-state index contributed by atoms with van der Waals surface area (Å²) < 4.78 is 58.5. The van der Waals surface area contributed by atoms with E-state index in [0.717, 1.165) is 90.7 Å². The van der Waals surface area contributed by atoms with E-state index >= 15 is 0 Å². The van der Waals surface area contributed by atoms with Crippen molar-refractivity contribution in [3.63, 3.8) is 0 Å². The zero-order valence-corrected chi connectivity index (χ0v) is 52.9. The highest BCUT2D eigenvalue weighted by molar-refractivity contribution is 6.33. The topological polar surface area (TPSA) is 178 Å². The first-order chi connectivity index (χ1) is 45.4. The fourth-order valence-electron chi connectivity index (χ4n) is 13.1. The monoisotopic (exact) mass is 1280 g/mol. The average molecular weight is 1280 g/mol. The van der Waals surface area contributed by atoms with Crippen LogP contribution in [0.3, 0.4) is 0 Å². The number of hydrogen-bond donors (Lipinski definition) is 3. The van der Waals surface area contributed by atoms with Gasteiger partial charge in [0.25, 0.3) is 17.7 Å². The Labute approximate surface area is 544 Å². The molecule has 3 N–H and O–H groups in total. The van der Waals surface area contributed by atoms with Gasteiger partial charge in [-0.05, 0) is 146 Å². The molecule has 3 aliphatic carbocycles. The van der Waals surface area contributed by atoms with Gasteiger partial charge in [-0.3, -0.25) is 14.4 Å². The predicted molar refractivity (Wildman–Crippen MR) is 353 cm³/mol. The molecule has 15 nitrogen and oxygen atoms in total. The fourth-order valence-corrected chi connectivity index (χ4v) is 13.3. The Kier molecular flexibility index (Phi) is 17.2. The van der Waals surface area contributed by atoms with Crippen molar-refractivity contribution in [3.8, 4) is 33.4 Å². The molecule has 0 spiro atoms. The number of aryl methyl sites for hydroxylation is 6. The van der Waals surface area contributed by atoms with E-state index in [1.54, 1.807) is 47.3 Å². The number of carbonyl (C=O) groups is 3. The lowest BCUT2D eigenvalue weighted by Crippen LogP contribution is -2.31. The molecule has 0 aliphatic heterocycles. The minimum Gasteiger partial charge on any atom is -0.345 e. The third-order valence-corrected chi connectivity index (χ3v) is 18.5. The number of fused-ring (bicyclic) bond motifs is 6. The largest absolute Gasteiger partial charge is 0.416 e. The zero-order chi connectivity index (χ0) is 65.5. The SMILES string of the molecule is Cc1c(C(=O)N[C@H]2CCCc3ccccc32)cnc2c(-c3ccc(C(C)C)cc3)cnn12.Cc1c(C(=O)N[C@H]2CCc3ccccc32)cnc2c(-c3c(F)cccc3Cl)cnn12.Cc1c(C(=O)N[C@H]2CCc3ccccc32)cnc2c(-c3cccc(C(F)(F)F)c3)cnn12. The van der Waals surface area contributed by atoms with Crippen LogP contribution in [-0.2, 0) is 25.4 Å². The van der Waals surface area contributed by atoms with E-state index in [2.05, 4.69) is 121 Å². The maximum absolute atomic E-state index is 14.4. The van der Waals surface area contributed by atoms with Crippen molar-refractivity contribution < 1.29 is 31.9 Å². The molecule has 474 valence electrons. The highest BCUT2D eigenvalue weighted by Crippen LogP contribution is 2.38. The highest BCUT2D eigenvalue weighted by atomic mass is 35.5. The van der Waals surface area contributed by atoms with E-state index in [9.17, 15) is 31.9 Å². The lowest BCUT2D eigenvalue weighted by Gasteiger charge is -2.26. The molecule has 15 rings (SSSR count). The van der Waals surface area contributed by atoms with E-state index in [-0.39, 0.29) is 46.4 Å². The molecule has 94 heavy (non-hydrogen) atoms. The second-order valence-electron chi connectivity index (χ2n) is 24.2. The average Bonchev–Trinajstić information content (AvgIpc) is 1.60. The van der Waals surface area contributed by atoms with Gasteiger partial charge in [-0.15, -0.1) is 0 Å². The first kappa shape index (κ1) is 62.4. The van der Waals surface area contributed by atoms with Crippen LogP contribution in [0.4, 0.5) is 17.6 Å². The third kappa shape index (κ3) is 12.2. The molecule has 12 aromatic rings. The molecule has 6 aromatic carbocycles. The molecule has 3 amide bonds. The Hall–Kier alpha value is -10.4. The Bertz CT molecular complexity index is 4880. The molecular weight excluding hydrogens is 1220 g/mol. The molecule has 20 heteroatoms. The number of benzene rings is 6. The summed E-state index contributed by atoms with van der Waals surface area (Å²) in [5.41, 5.74) is 16.5. The van der Waals surface area contributed by atoms with Crippen LogP contribution in [0.1, 0.15) is 156 Å². The molecule has 3 aliphatic rings. The molecule has 6 aromatic heterocycles. The van der Waals surface area contributed by atoms with E-state index in [1.807, 2.05) is 49.5 Å². The first-order valence-corrected chi connectivity index (χ1v) is 31.7. The predicted octanol–water partition coefficient (Wildman–Crippen LogP) is 15.7. The number of halogens is 5. The van der Waals surface area contributed by atoms with Crippen LogP contribution in [0, 0.1) is 26.6 Å². The van der Waals surface area contributed by atoms with Crippen molar-refractivity contribution in [2.45, 2.75) is 110 Å². The quantitative estimate of drug-likeness (QED) is 0.112. The Morgan fingerprint density at radius 3 is 1.39 bits per heavy atom. The van der Waals surface area contributed by atoms with Gasteiger partial charge in [0.1, 0.15) is 5.82 Å². The number of alkyl halides is 3. The maximum Gasteiger partial charge on any atom is 0.416 e. The third-order valence-electron chi connectivity index (χ3n) is 18.2. The van der Waals surface area contributed by atoms with Gasteiger partial charge >= 0.3 is 6.18 Å². The molecule has 0 fully saturated rings. The van der Waals surface area contributed by atoms with Crippen molar-refractivity contribution in [2.24, 2.45) is 0 Å². The maximum atomic E-state index is 14.4. The molecule has 3 atom stereocenters. The molecular formula is C74H65ClF4N12O3. The van der Waals surface area contributed by atoms with Crippen LogP contribution in [0.2, 0.25) is 5.02 Å². The van der Waals surface area contributed by atoms with Crippen LogP contribution in [0.25, 0.3) is 50.3 Å². The van der Waals surface area contributed by atoms with Crippen molar-refractivity contribution in [1.82, 2.24) is 59.7 Å². The van der Waals surface area contributed by atoms with E-state index < -0.39 is 17.6 Å². The van der Waals surface area contributed by atoms with E-state index in [0.29, 0.717) is 62.0 Å². The van der Waals surface area contributed by atoms with Gasteiger partial charge in [-0.2, -0.15) is 28.5 Å². The second-order valence-corrected chi connectivity index (χ2v) is 24.7. The number of aromatic nitrogens is 9. The lowest BCUT2D eigenvalue weighted by atomic mass is 9.87. The summed E-state index contributed by atoms with van der Waals surface area (Å²) in [4.78, 5) is 52.6. The minimum atomic E-state index is -4.44. The van der Waals surface area contributed by atoms with Crippen molar-refractivity contribution in [1.29, 1.82) is 0 Å². The van der Waals surface area contributed by atoms with Gasteiger partial charge < -0.3 is 16.0 Å². The van der Waals surface area contributed by atoms with E-state index in [1.165, 1.54) is 69.3 Å². The van der Waals surface area contributed by atoms with Gasteiger partial charge in [0, 0.05) is 35.3 Å². The van der Waals surface area contributed by atoms with Crippen LogP contribution in [-0.4, -0.2) is 61.5 Å². The summed E-state index contributed by atoms with van der Waals surface area (Å²) in [6, 6.07) is 42.6. The number of nitrogens with zero attached hydrogens (tertiary/aromatic N) is 9. The number of carbonyl (C=O) groups excluding carboxylic acids is 3. The summed E-state index contributed by atoms with van der Waals surface area (Å²) in [5.74, 6) is -0.514. The number of rotatable bonds is 10. The number of hydrogen-bond acceptors (Lipinski definition) is 9. The normalized spacial score (nSPS) is 15.6. The second kappa shape index (κ2) is 25.9. The zero-order valence-electron chi connectivity index (χ0n) is 52.1. The summed E-state index contributed by atoms with van der Waals surface area (Å²) in [6.07, 6.45) is 11.7. The van der Waals surface area contributed by atoms with Crippen LogP contribution >= 0.6 is 11.6 Å². The van der Waals surface area contributed by atoms with Crippen LogP contribution in [0.5, 0.6) is 0 Å². The molecule has 0 saturated carbocycles. The first-order valence-electron chi connectivity index (χ1n) is 31.3. The lowest BCUT2D eigenvalue weighted by molar-refractivity contribution is -0.137. The van der Waals surface area contributed by atoms with Crippen molar-refractivity contribution in [3.05, 3.63) is 266 Å². The Morgan fingerprint density at radius 1 is 0.500 bits per heavy atom. The Balaban J connectivity index is 0.000000128. The van der Waals surface area contributed by atoms with Crippen molar-refractivity contribution >= 4 is 46.3 Å². The smallest absolute Gasteiger partial charge is 0.345 e. The molecule has 0 radical (unpaired) electrons. The van der Waals surface area contributed by atoms with Crippen LogP contribution in [0.15, 0.2) is 177 Å². The van der Waals surface area contributed by atoms with Gasteiger partial charge in [0.15, 0.2) is 16.9 Å². The van der Waals surface area contributed by atoms with Gasteiger partial charge in [-0.1, -0.05) is 141 Å². The molecule has 6 heterocycles. The summed E-state index contributed by atoms with van der Waals surface area (Å²) in [7, 11) is 0. The fraction of sp³-hybridized carbons (Fsp3) is 0.230. The van der Waals surface area contributed by atoms with Crippen molar-refractivity contribution in [2.75, 3.05) is 0 Å². The standard InChI is InChI=1S/C27H28N4O.C24H19F3N4O.C23H18ClFN4O/c1-17(2)19-11-13-21(14-12-19)24-16-29-31-18(3)23(15-28-26(24)31)27(32)30-25-10-6-8-20-7-4-5-9-22(20)25;1-14-19(23(32)30-21-10-9-15-5-2-3-8-18(15)21)12-28-22-20(13-29-31(14)22)16-6-4-7-17(11-16)24(25,26)27;1-13-16(23(30)28-20-10-9-14-5-2-3-6-15(14)20)11-26-22-17(12-27-29(13)22)21-18(24)7-4-8-19(21)25/h4-5,7,9,11-17,25H,6,8,10H2,1-3H3,(H,30,32);2-8,11-13,21H,9-10H2,1H3,(H,30,32);2-8,11-12,20H,9-10H2,1H3,(H,28,30)/t25-;21-;20-/m000/s1. The van der Waals surface area contributed by atoms with Gasteiger partial charge in [0.05, 0.1) is 86.6 Å². The van der Waals surface area contributed by atoms with Gasteiger partial charge in [-0.25, -0.2) is 32.9 Å². The van der Waals surface area contributed by atoms with Crippen LogP contribution < -0.4 is 16.0 Å². The summed E-state index contributed by atoms with van der Waals surface area (Å²) in [6.45, 7) is 9.85. The minimum absolute atomic E-state index is 0.0193. The molecule has 0 bridgehead atoms. The van der Waals surface area contributed by atoms with Gasteiger partial charge in [0.2, 0.25) is 0 Å². The molecule has 0 saturated heterocycles. The van der Waals surface area contributed by atoms with E-state index in [4.69, 9.17) is 11.6 Å². The summed E-state index contributed by atoms with van der Waals surface area (Å²) >= 11 is 6.21. The molecule has 0 unspecified atom stereocenters. The highest BCUT2D eigenvalue weighted by Gasteiger charge is 2.32. The number of nitrogens with one attached hydrogen (secondary N) is 3. The Morgan fingerprint density at radius 2 is 0.926 bits per heavy atom.